The average Bonchev–Trinajstić information content (AvgIpc) is 4.34. The van der Waals surface area contributed by atoms with E-state index >= 15 is 0 Å². The molecule has 0 saturated heterocycles. The summed E-state index contributed by atoms with van der Waals surface area (Å²) >= 11 is 0. The first-order valence-corrected chi connectivity index (χ1v) is 25.8. The van der Waals surface area contributed by atoms with Crippen LogP contribution in [0.25, 0.3) is 144 Å². The fourth-order valence-corrected chi connectivity index (χ4v) is 12.1. The van der Waals surface area contributed by atoms with Crippen molar-refractivity contribution in [2.75, 3.05) is 0 Å². The van der Waals surface area contributed by atoms with E-state index in [4.69, 9.17) is 29.9 Å². The van der Waals surface area contributed by atoms with Crippen molar-refractivity contribution in [1.29, 1.82) is 5.26 Å². The Morgan fingerprint density at radius 2 is 0.628 bits per heavy atom. The summed E-state index contributed by atoms with van der Waals surface area (Å²) in [7, 11) is 0. The first-order valence-electron chi connectivity index (χ1n) is 25.8. The lowest BCUT2D eigenvalue weighted by Crippen LogP contribution is -2.17. The fourth-order valence-electron chi connectivity index (χ4n) is 12.1. The fraction of sp³-hybridized carbons (Fsp3) is 0. The lowest BCUT2D eigenvalue weighted by molar-refractivity contribution is 1.02. The number of hydrogen-bond acceptors (Lipinski definition) is 7. The number of benzene rings is 7. The highest BCUT2D eigenvalue weighted by Gasteiger charge is 2.36. The van der Waals surface area contributed by atoms with Crippen molar-refractivity contribution < 1.29 is 0 Å². The van der Waals surface area contributed by atoms with E-state index in [1.54, 1.807) is 0 Å². The molecule has 0 aliphatic rings. The third-order valence-electron chi connectivity index (χ3n) is 15.2. The van der Waals surface area contributed by atoms with Crippen LogP contribution in [0, 0.1) is 11.3 Å². The number of para-hydroxylation sites is 4. The Bertz CT molecular complexity index is 4900. The van der Waals surface area contributed by atoms with Crippen LogP contribution in [-0.2, 0) is 0 Å². The molecule has 0 radical (unpaired) electrons. The Balaban J connectivity index is 1.27. The van der Waals surface area contributed by atoms with E-state index in [0.717, 1.165) is 98.9 Å². The van der Waals surface area contributed by atoms with Crippen LogP contribution < -0.4 is 0 Å². The molecule has 9 heterocycles. The van der Waals surface area contributed by atoms with Gasteiger partial charge in [-0.25, -0.2) is 9.97 Å². The molecule has 16 aromatic rings. The zero-order valence-corrected chi connectivity index (χ0v) is 41.4. The van der Waals surface area contributed by atoms with Crippen molar-refractivity contribution in [2.24, 2.45) is 0 Å². The molecule has 11 heteroatoms. The Kier molecular flexibility index (Phi) is 9.43. The maximum atomic E-state index is 12.8. The molecule has 16 rings (SSSR count). The number of nitrogens with zero attached hydrogens (tertiary/aromatic N) is 11. The second-order valence-electron chi connectivity index (χ2n) is 19.3. The van der Waals surface area contributed by atoms with Crippen LogP contribution in [0.4, 0.5) is 0 Å². The molecule has 0 unspecified atom stereocenters. The number of nitriles is 1. The Morgan fingerprint density at radius 3 is 1.01 bits per heavy atom. The monoisotopic (exact) mass is 997 g/mol. The minimum Gasteiger partial charge on any atom is -0.305 e. The second kappa shape index (κ2) is 17.0. The molecular formula is C67H39N11. The molecule has 0 saturated carbocycles. The highest BCUT2D eigenvalue weighted by atomic mass is 15.1. The van der Waals surface area contributed by atoms with Gasteiger partial charge in [-0.2, -0.15) is 5.26 Å². The van der Waals surface area contributed by atoms with Gasteiger partial charge in [0.05, 0.1) is 106 Å². The predicted molar refractivity (Wildman–Crippen MR) is 312 cm³/mol. The van der Waals surface area contributed by atoms with Crippen LogP contribution >= 0.6 is 0 Å². The molecule has 7 aromatic carbocycles. The van der Waals surface area contributed by atoms with Crippen LogP contribution in [-0.4, -0.2) is 48.2 Å². The predicted octanol–water partition coefficient (Wildman–Crippen LogP) is 15.3. The molecule has 0 aliphatic carbocycles. The van der Waals surface area contributed by atoms with E-state index in [0.29, 0.717) is 51.1 Å². The molecular weight excluding hydrogens is 959 g/mol. The van der Waals surface area contributed by atoms with E-state index in [9.17, 15) is 5.26 Å². The first-order chi connectivity index (χ1) is 38.7. The van der Waals surface area contributed by atoms with Crippen LogP contribution in [0.15, 0.2) is 237 Å². The van der Waals surface area contributed by atoms with Gasteiger partial charge in [-0.15, -0.1) is 0 Å². The molecule has 0 atom stereocenters. The van der Waals surface area contributed by atoms with Crippen molar-refractivity contribution in [3.63, 3.8) is 0 Å². The first kappa shape index (κ1) is 43.3. The molecule has 0 bridgehead atoms. The molecule has 9 aromatic heterocycles. The third kappa shape index (κ3) is 6.19. The summed E-state index contributed by atoms with van der Waals surface area (Å²) in [6, 6.07) is 75.3. The molecule has 0 aliphatic heterocycles. The molecule has 0 amide bonds. The summed E-state index contributed by atoms with van der Waals surface area (Å²) in [4.78, 5) is 32.0. The van der Waals surface area contributed by atoms with Gasteiger partial charge in [0.25, 0.3) is 0 Å². The van der Waals surface area contributed by atoms with E-state index < -0.39 is 0 Å². The molecule has 0 fully saturated rings. The van der Waals surface area contributed by atoms with Gasteiger partial charge in [0, 0.05) is 57.5 Å². The van der Waals surface area contributed by atoms with Crippen molar-refractivity contribution in [3.05, 3.63) is 243 Å². The average molecular weight is 998 g/mol. The van der Waals surface area contributed by atoms with E-state index in [-0.39, 0.29) is 0 Å². The van der Waals surface area contributed by atoms with Crippen molar-refractivity contribution >= 4 is 87.7 Å². The van der Waals surface area contributed by atoms with Gasteiger partial charge >= 0.3 is 0 Å². The summed E-state index contributed by atoms with van der Waals surface area (Å²) < 4.78 is 9.09. The van der Waals surface area contributed by atoms with Crippen LogP contribution in [0.2, 0.25) is 0 Å². The minimum absolute atomic E-state index is 0.366. The molecule has 0 spiro atoms. The van der Waals surface area contributed by atoms with E-state index in [1.807, 2.05) is 104 Å². The normalized spacial score (nSPS) is 11.8. The van der Waals surface area contributed by atoms with Gasteiger partial charge < -0.3 is 18.3 Å². The standard InChI is InChI=1S/C67H39N11/c68-40-47-63(75-50-27-11-7-23-43(50)59-54(75)31-15-35-69-59)58(67-73-48(41-19-3-1-4-20-41)39-49(74-67)42-21-5-2-6-22-42)65(77-52-29-13-9-25-45(52)61-56(77)33-17-37-71-61)66(78-53-30-14-10-26-46(53)62-57(78)34-18-38-72-62)64(47)76-51-28-12-8-24-44(51)60-55(76)32-16-36-70-60/h1-39H. The molecule has 78 heavy (non-hydrogen) atoms. The van der Waals surface area contributed by atoms with Crippen molar-refractivity contribution in [3.8, 4) is 62.7 Å². The molecule has 0 N–H and O–H groups in total. The lowest BCUT2D eigenvalue weighted by Gasteiger charge is -2.28. The quantitative estimate of drug-likeness (QED) is 0.156. The third-order valence-corrected chi connectivity index (χ3v) is 15.2. The van der Waals surface area contributed by atoms with Crippen molar-refractivity contribution in [2.45, 2.75) is 0 Å². The van der Waals surface area contributed by atoms with E-state index in [1.165, 1.54) is 0 Å². The van der Waals surface area contributed by atoms with Gasteiger partial charge in [-0.05, 0) is 78.9 Å². The summed E-state index contributed by atoms with van der Waals surface area (Å²) in [6.07, 6.45) is 7.36. The summed E-state index contributed by atoms with van der Waals surface area (Å²) in [6.45, 7) is 0. The van der Waals surface area contributed by atoms with Gasteiger partial charge in [-0.1, -0.05) is 133 Å². The number of hydrogen-bond donors (Lipinski definition) is 0. The molecule has 11 nitrogen and oxygen atoms in total. The SMILES string of the molecule is N#Cc1c(-n2c3ccccc3c3ncccc32)c(-c2nc(-c3ccccc3)cc(-c3ccccc3)n2)c(-n2c3ccccc3c3ncccc32)c(-n2c3ccccc3c3ncccc32)c1-n1c2ccccc2c2ncccc21. The Labute approximate surface area is 444 Å². The lowest BCUT2D eigenvalue weighted by atomic mass is 9.96. The minimum atomic E-state index is 0.366. The van der Waals surface area contributed by atoms with Gasteiger partial charge in [0.15, 0.2) is 5.82 Å². The van der Waals surface area contributed by atoms with Crippen LogP contribution in [0.1, 0.15) is 5.56 Å². The van der Waals surface area contributed by atoms with Crippen LogP contribution in [0.3, 0.4) is 0 Å². The smallest absolute Gasteiger partial charge is 0.164 e. The summed E-state index contributed by atoms with van der Waals surface area (Å²) in [5.74, 6) is 0.400. The highest BCUT2D eigenvalue weighted by molar-refractivity contribution is 6.15. The second-order valence-corrected chi connectivity index (χ2v) is 19.3. The Hall–Kier alpha value is -11.1. The largest absolute Gasteiger partial charge is 0.305 e. The van der Waals surface area contributed by atoms with Crippen LogP contribution in [0.5, 0.6) is 0 Å². The summed E-state index contributed by atoms with van der Waals surface area (Å²) in [5, 5.41) is 16.6. The highest BCUT2D eigenvalue weighted by Crippen LogP contribution is 2.51. The number of fused-ring (bicyclic) bond motifs is 12. The van der Waals surface area contributed by atoms with Gasteiger partial charge in [0.2, 0.25) is 0 Å². The van der Waals surface area contributed by atoms with Gasteiger partial charge in [0.1, 0.15) is 11.6 Å². The topological polar surface area (TPSA) is 121 Å². The van der Waals surface area contributed by atoms with Gasteiger partial charge in [-0.3, -0.25) is 19.9 Å². The number of pyridine rings is 4. The summed E-state index contributed by atoms with van der Waals surface area (Å²) in [5.41, 5.74) is 16.8. The van der Waals surface area contributed by atoms with Crippen molar-refractivity contribution in [1.82, 2.24) is 48.2 Å². The molecule has 362 valence electrons. The number of rotatable bonds is 7. The maximum Gasteiger partial charge on any atom is 0.164 e. The van der Waals surface area contributed by atoms with E-state index in [2.05, 4.69) is 158 Å². The maximum absolute atomic E-state index is 12.8. The zero-order valence-electron chi connectivity index (χ0n) is 41.4. The zero-order chi connectivity index (χ0) is 51.4. The Morgan fingerprint density at radius 1 is 0.308 bits per heavy atom. The number of aromatic nitrogens is 10.